The Morgan fingerprint density at radius 2 is 1.74 bits per heavy atom. The van der Waals surface area contributed by atoms with Gasteiger partial charge in [-0.2, -0.15) is 0 Å². The predicted molar refractivity (Wildman–Crippen MR) is 76.1 cm³/mol. The quantitative estimate of drug-likeness (QED) is 0.653. The third-order valence-corrected chi connectivity index (χ3v) is 2.63. The van der Waals surface area contributed by atoms with Gasteiger partial charge < -0.3 is 14.9 Å². The van der Waals surface area contributed by atoms with Crippen LogP contribution in [0.25, 0.3) is 0 Å². The molecule has 0 aromatic heterocycles. The van der Waals surface area contributed by atoms with Crippen LogP contribution in [0.4, 0.5) is 4.79 Å². The SMILES string of the molecule is C=CCN(CC=C)C(=O)N(CCCC(=O)O)C(C)C. The van der Waals surface area contributed by atoms with Crippen molar-refractivity contribution in [2.75, 3.05) is 19.6 Å². The van der Waals surface area contributed by atoms with Crippen molar-refractivity contribution in [2.45, 2.75) is 32.7 Å². The van der Waals surface area contributed by atoms with E-state index in [9.17, 15) is 9.59 Å². The van der Waals surface area contributed by atoms with Gasteiger partial charge in [-0.1, -0.05) is 12.2 Å². The molecule has 0 atom stereocenters. The van der Waals surface area contributed by atoms with Crippen molar-refractivity contribution in [3.8, 4) is 0 Å². The Balaban J connectivity index is 4.64. The van der Waals surface area contributed by atoms with Crippen LogP contribution in [0.15, 0.2) is 25.3 Å². The highest BCUT2D eigenvalue weighted by Crippen LogP contribution is 2.07. The van der Waals surface area contributed by atoms with E-state index < -0.39 is 5.97 Å². The lowest BCUT2D eigenvalue weighted by atomic mass is 10.2. The number of hydrogen-bond acceptors (Lipinski definition) is 2. The minimum Gasteiger partial charge on any atom is -0.481 e. The average molecular weight is 268 g/mol. The lowest BCUT2D eigenvalue weighted by molar-refractivity contribution is -0.137. The fourth-order valence-electron chi connectivity index (χ4n) is 1.70. The maximum Gasteiger partial charge on any atom is 0.320 e. The van der Waals surface area contributed by atoms with Gasteiger partial charge in [0.2, 0.25) is 0 Å². The summed E-state index contributed by atoms with van der Waals surface area (Å²) >= 11 is 0. The van der Waals surface area contributed by atoms with Crippen molar-refractivity contribution < 1.29 is 14.7 Å². The molecule has 0 spiro atoms. The molecular weight excluding hydrogens is 244 g/mol. The number of hydrogen-bond donors (Lipinski definition) is 1. The van der Waals surface area contributed by atoms with Crippen LogP contribution in [-0.2, 0) is 4.79 Å². The van der Waals surface area contributed by atoms with Gasteiger partial charge in [0, 0.05) is 32.1 Å². The molecular formula is C14H24N2O3. The smallest absolute Gasteiger partial charge is 0.320 e. The Kier molecular flexibility index (Phi) is 8.33. The second-order valence-electron chi connectivity index (χ2n) is 4.55. The molecule has 5 nitrogen and oxygen atoms in total. The van der Waals surface area contributed by atoms with Crippen LogP contribution in [0.3, 0.4) is 0 Å². The Labute approximate surface area is 115 Å². The third kappa shape index (κ3) is 6.64. The molecule has 0 aliphatic carbocycles. The van der Waals surface area contributed by atoms with Gasteiger partial charge in [0.25, 0.3) is 0 Å². The summed E-state index contributed by atoms with van der Waals surface area (Å²) in [4.78, 5) is 26.2. The normalized spacial score (nSPS) is 10.1. The van der Waals surface area contributed by atoms with Crippen LogP contribution in [0, 0.1) is 0 Å². The predicted octanol–water partition coefficient (Wildman–Crippen LogP) is 2.36. The van der Waals surface area contributed by atoms with E-state index in [0.717, 1.165) is 0 Å². The number of nitrogens with zero attached hydrogens (tertiary/aromatic N) is 2. The van der Waals surface area contributed by atoms with E-state index in [0.29, 0.717) is 26.1 Å². The Bertz CT molecular complexity index is 317. The van der Waals surface area contributed by atoms with Crippen molar-refractivity contribution in [3.63, 3.8) is 0 Å². The molecule has 5 heteroatoms. The number of carbonyl (C=O) groups is 2. The van der Waals surface area contributed by atoms with Gasteiger partial charge >= 0.3 is 12.0 Å². The standard InChI is InChI=1S/C14H24N2O3/c1-5-9-15(10-6-2)14(19)16(12(3)4)11-7-8-13(17)18/h5-6,12H,1-2,7-11H2,3-4H3,(H,17,18). The lowest BCUT2D eigenvalue weighted by Crippen LogP contribution is -2.47. The number of carboxylic acid groups (broad SMARTS) is 1. The number of urea groups is 1. The van der Waals surface area contributed by atoms with E-state index in [1.54, 1.807) is 22.0 Å². The number of aliphatic carboxylic acids is 1. The van der Waals surface area contributed by atoms with Gasteiger partial charge in [-0.05, 0) is 20.3 Å². The monoisotopic (exact) mass is 268 g/mol. The summed E-state index contributed by atoms with van der Waals surface area (Å²) in [5, 5.41) is 8.64. The highest BCUT2D eigenvalue weighted by atomic mass is 16.4. The molecule has 0 bridgehead atoms. The molecule has 0 aromatic rings. The van der Waals surface area contributed by atoms with E-state index in [2.05, 4.69) is 13.2 Å². The lowest BCUT2D eigenvalue weighted by Gasteiger charge is -2.32. The van der Waals surface area contributed by atoms with Crippen LogP contribution in [0.1, 0.15) is 26.7 Å². The summed E-state index contributed by atoms with van der Waals surface area (Å²) < 4.78 is 0. The first kappa shape index (κ1) is 17.2. The first-order valence-corrected chi connectivity index (χ1v) is 6.43. The van der Waals surface area contributed by atoms with Crippen molar-refractivity contribution in [2.24, 2.45) is 0 Å². The molecule has 0 fully saturated rings. The second kappa shape index (κ2) is 9.19. The highest BCUT2D eigenvalue weighted by Gasteiger charge is 2.21. The van der Waals surface area contributed by atoms with Gasteiger partial charge in [-0.3, -0.25) is 4.79 Å². The van der Waals surface area contributed by atoms with E-state index >= 15 is 0 Å². The van der Waals surface area contributed by atoms with E-state index in [1.807, 2.05) is 13.8 Å². The fourth-order valence-corrected chi connectivity index (χ4v) is 1.70. The van der Waals surface area contributed by atoms with Crippen molar-refractivity contribution in [3.05, 3.63) is 25.3 Å². The van der Waals surface area contributed by atoms with Crippen molar-refractivity contribution >= 4 is 12.0 Å². The van der Waals surface area contributed by atoms with Gasteiger partial charge in [0.1, 0.15) is 0 Å². The Morgan fingerprint density at radius 1 is 1.21 bits per heavy atom. The molecule has 1 N–H and O–H groups in total. The molecule has 0 aliphatic heterocycles. The maximum absolute atomic E-state index is 12.3. The van der Waals surface area contributed by atoms with Crippen LogP contribution < -0.4 is 0 Å². The van der Waals surface area contributed by atoms with Crippen molar-refractivity contribution in [1.82, 2.24) is 9.80 Å². The molecule has 0 unspecified atom stereocenters. The molecule has 0 saturated carbocycles. The second-order valence-corrected chi connectivity index (χ2v) is 4.55. The zero-order valence-corrected chi connectivity index (χ0v) is 11.8. The number of carboxylic acids is 1. The van der Waals surface area contributed by atoms with Crippen LogP contribution in [0.2, 0.25) is 0 Å². The topological polar surface area (TPSA) is 60.9 Å². The largest absolute Gasteiger partial charge is 0.481 e. The van der Waals surface area contributed by atoms with Gasteiger partial charge in [-0.25, -0.2) is 4.79 Å². The molecule has 19 heavy (non-hydrogen) atoms. The minimum absolute atomic E-state index is 0.0263. The Morgan fingerprint density at radius 3 is 2.11 bits per heavy atom. The number of amides is 2. The highest BCUT2D eigenvalue weighted by molar-refractivity contribution is 5.75. The Hall–Kier alpha value is -1.78. The number of rotatable bonds is 9. The van der Waals surface area contributed by atoms with E-state index in [1.165, 1.54) is 0 Å². The summed E-state index contributed by atoms with van der Waals surface area (Å²) in [5.74, 6) is -0.842. The van der Waals surface area contributed by atoms with Crippen LogP contribution >= 0.6 is 0 Å². The molecule has 2 amide bonds. The van der Waals surface area contributed by atoms with Crippen molar-refractivity contribution in [1.29, 1.82) is 0 Å². The zero-order valence-electron chi connectivity index (χ0n) is 11.8. The molecule has 0 aliphatic rings. The summed E-state index contributed by atoms with van der Waals surface area (Å²) in [7, 11) is 0. The summed E-state index contributed by atoms with van der Waals surface area (Å²) in [5.41, 5.74) is 0. The molecule has 0 aromatic carbocycles. The van der Waals surface area contributed by atoms with Gasteiger partial charge in [0.05, 0.1) is 0 Å². The first-order chi connectivity index (χ1) is 8.93. The summed E-state index contributed by atoms with van der Waals surface area (Å²) in [6.07, 6.45) is 3.85. The van der Waals surface area contributed by atoms with Crippen LogP contribution in [-0.4, -0.2) is 52.6 Å². The third-order valence-electron chi connectivity index (χ3n) is 2.63. The van der Waals surface area contributed by atoms with E-state index in [4.69, 9.17) is 5.11 Å². The maximum atomic E-state index is 12.3. The molecule has 0 saturated heterocycles. The molecule has 0 rings (SSSR count). The minimum atomic E-state index is -0.842. The molecule has 0 radical (unpaired) electrons. The zero-order chi connectivity index (χ0) is 14.8. The first-order valence-electron chi connectivity index (χ1n) is 6.43. The average Bonchev–Trinajstić information content (AvgIpc) is 2.33. The van der Waals surface area contributed by atoms with Gasteiger partial charge in [-0.15, -0.1) is 13.2 Å². The van der Waals surface area contributed by atoms with Crippen LogP contribution in [0.5, 0.6) is 0 Å². The number of carbonyl (C=O) groups excluding carboxylic acids is 1. The van der Waals surface area contributed by atoms with E-state index in [-0.39, 0.29) is 18.5 Å². The summed E-state index contributed by atoms with van der Waals surface area (Å²) in [6, 6.07) is -0.0846. The summed E-state index contributed by atoms with van der Waals surface area (Å²) in [6.45, 7) is 12.4. The molecule has 0 heterocycles. The fraction of sp³-hybridized carbons (Fsp3) is 0.571. The molecule has 108 valence electrons. The van der Waals surface area contributed by atoms with Gasteiger partial charge in [0.15, 0.2) is 0 Å².